The number of carbonyl (C=O) groups excluding carboxylic acids is 1. The summed E-state index contributed by atoms with van der Waals surface area (Å²) in [6, 6.07) is 0. The van der Waals surface area contributed by atoms with Gasteiger partial charge in [-0.25, -0.2) is 0 Å². The number of carbonyl (C=O) groups is 2. The molecule has 0 aromatic heterocycles. The maximum absolute atomic E-state index is 12.6. The van der Waals surface area contributed by atoms with Crippen LogP contribution in [0.15, 0.2) is 0 Å². The summed E-state index contributed by atoms with van der Waals surface area (Å²) >= 11 is 0. The van der Waals surface area contributed by atoms with Crippen molar-refractivity contribution in [2.45, 2.75) is 51.6 Å². The van der Waals surface area contributed by atoms with Crippen LogP contribution in [-0.2, 0) is 9.59 Å². The van der Waals surface area contributed by atoms with Gasteiger partial charge in [-0.3, -0.25) is 9.59 Å². The van der Waals surface area contributed by atoms with E-state index in [0.717, 1.165) is 6.42 Å². The van der Waals surface area contributed by atoms with Crippen LogP contribution < -0.4 is 0 Å². The molecule has 5 heteroatoms. The zero-order valence-electron chi connectivity index (χ0n) is 12.3. The van der Waals surface area contributed by atoms with Gasteiger partial charge in [-0.1, -0.05) is 6.92 Å². The topological polar surface area (TPSA) is 77.8 Å². The van der Waals surface area contributed by atoms with Crippen molar-refractivity contribution in [3.63, 3.8) is 0 Å². The van der Waals surface area contributed by atoms with E-state index < -0.39 is 17.5 Å². The fourth-order valence-corrected chi connectivity index (χ4v) is 3.56. The zero-order valence-corrected chi connectivity index (χ0v) is 12.3. The molecule has 1 saturated heterocycles. The molecule has 2 fully saturated rings. The molecule has 114 valence electrons. The average Bonchev–Trinajstić information content (AvgIpc) is 2.65. The third-order valence-electron chi connectivity index (χ3n) is 4.81. The van der Waals surface area contributed by atoms with E-state index in [4.69, 9.17) is 0 Å². The number of nitrogens with zero attached hydrogens (tertiary/aromatic N) is 1. The summed E-state index contributed by atoms with van der Waals surface area (Å²) in [5.74, 6) is -1.51. The van der Waals surface area contributed by atoms with Gasteiger partial charge in [0.05, 0.1) is 17.4 Å². The Bertz CT molecular complexity index is 393. The van der Waals surface area contributed by atoms with Crippen molar-refractivity contribution in [2.75, 3.05) is 13.1 Å². The summed E-state index contributed by atoms with van der Waals surface area (Å²) in [6.45, 7) is 4.98. The molecule has 0 aromatic carbocycles. The molecule has 1 aliphatic heterocycles. The van der Waals surface area contributed by atoms with Crippen LogP contribution in [0.2, 0.25) is 0 Å². The van der Waals surface area contributed by atoms with Crippen molar-refractivity contribution in [1.29, 1.82) is 0 Å². The number of aliphatic hydroxyl groups is 1. The molecule has 1 aliphatic carbocycles. The third kappa shape index (κ3) is 3.32. The van der Waals surface area contributed by atoms with Crippen LogP contribution in [0, 0.1) is 17.8 Å². The number of rotatable bonds is 2. The number of carboxylic acid groups (broad SMARTS) is 1. The average molecular weight is 283 g/mol. The Morgan fingerprint density at radius 2 is 1.80 bits per heavy atom. The highest BCUT2D eigenvalue weighted by molar-refractivity contribution is 5.85. The smallest absolute Gasteiger partial charge is 0.307 e. The number of carboxylic acids is 1. The Kier molecular flexibility index (Phi) is 4.37. The second kappa shape index (κ2) is 5.72. The molecule has 5 nitrogen and oxygen atoms in total. The molecule has 4 unspecified atom stereocenters. The van der Waals surface area contributed by atoms with E-state index in [1.165, 1.54) is 0 Å². The molecule has 0 radical (unpaired) electrons. The number of hydrogen-bond donors (Lipinski definition) is 2. The molecule has 4 atom stereocenters. The second-order valence-corrected chi connectivity index (χ2v) is 6.80. The standard InChI is InChI=1S/C15H25NO4/c1-10-8-11(12(9-10)14(18)19)13(17)16-6-3-4-15(2,20)5-7-16/h10-12,20H,3-9H2,1-2H3,(H,18,19). The van der Waals surface area contributed by atoms with Crippen LogP contribution in [0.4, 0.5) is 0 Å². The molecule has 1 amide bonds. The van der Waals surface area contributed by atoms with E-state index in [1.54, 1.807) is 11.8 Å². The van der Waals surface area contributed by atoms with Crippen molar-refractivity contribution < 1.29 is 19.8 Å². The van der Waals surface area contributed by atoms with E-state index in [-0.39, 0.29) is 11.8 Å². The monoisotopic (exact) mass is 283 g/mol. The fourth-order valence-electron chi connectivity index (χ4n) is 3.56. The van der Waals surface area contributed by atoms with Crippen LogP contribution in [-0.4, -0.2) is 45.7 Å². The molecule has 0 aromatic rings. The maximum atomic E-state index is 12.6. The largest absolute Gasteiger partial charge is 0.481 e. The minimum absolute atomic E-state index is 0.0283. The van der Waals surface area contributed by atoms with Crippen molar-refractivity contribution in [3.05, 3.63) is 0 Å². The quantitative estimate of drug-likeness (QED) is 0.805. The van der Waals surface area contributed by atoms with Gasteiger partial charge in [-0.2, -0.15) is 0 Å². The van der Waals surface area contributed by atoms with E-state index in [1.807, 2.05) is 6.92 Å². The first-order valence-corrected chi connectivity index (χ1v) is 7.54. The number of amides is 1. The molecule has 1 heterocycles. The van der Waals surface area contributed by atoms with Gasteiger partial charge < -0.3 is 15.1 Å². The summed E-state index contributed by atoms with van der Waals surface area (Å²) in [6.07, 6.45) is 3.30. The number of aliphatic carboxylic acids is 1. The van der Waals surface area contributed by atoms with Gasteiger partial charge in [0.2, 0.25) is 5.91 Å². The molecule has 2 N–H and O–H groups in total. The zero-order chi connectivity index (χ0) is 14.9. The lowest BCUT2D eigenvalue weighted by molar-refractivity contribution is -0.149. The van der Waals surface area contributed by atoms with Crippen LogP contribution in [0.5, 0.6) is 0 Å². The van der Waals surface area contributed by atoms with Crippen LogP contribution in [0.1, 0.15) is 46.0 Å². The summed E-state index contributed by atoms with van der Waals surface area (Å²) < 4.78 is 0. The highest BCUT2D eigenvalue weighted by Gasteiger charge is 2.43. The molecular formula is C15H25NO4. The molecule has 2 aliphatic rings. The highest BCUT2D eigenvalue weighted by atomic mass is 16.4. The first kappa shape index (κ1) is 15.3. The predicted molar refractivity (Wildman–Crippen MR) is 74.1 cm³/mol. The van der Waals surface area contributed by atoms with Gasteiger partial charge in [-0.15, -0.1) is 0 Å². The van der Waals surface area contributed by atoms with Gasteiger partial charge >= 0.3 is 5.97 Å². The minimum Gasteiger partial charge on any atom is -0.481 e. The molecule has 1 saturated carbocycles. The van der Waals surface area contributed by atoms with Gasteiger partial charge in [0.25, 0.3) is 0 Å². The molecular weight excluding hydrogens is 258 g/mol. The van der Waals surface area contributed by atoms with E-state index in [0.29, 0.717) is 44.7 Å². The molecule has 0 spiro atoms. The molecule has 0 bridgehead atoms. The van der Waals surface area contributed by atoms with Crippen LogP contribution >= 0.6 is 0 Å². The van der Waals surface area contributed by atoms with E-state index in [2.05, 4.69) is 0 Å². The lowest BCUT2D eigenvalue weighted by Crippen LogP contribution is -2.40. The van der Waals surface area contributed by atoms with Crippen molar-refractivity contribution in [3.8, 4) is 0 Å². The summed E-state index contributed by atoms with van der Waals surface area (Å²) in [4.78, 5) is 25.7. The highest BCUT2D eigenvalue weighted by Crippen LogP contribution is 2.38. The summed E-state index contributed by atoms with van der Waals surface area (Å²) in [7, 11) is 0. The second-order valence-electron chi connectivity index (χ2n) is 6.80. The third-order valence-corrected chi connectivity index (χ3v) is 4.81. The van der Waals surface area contributed by atoms with Crippen LogP contribution in [0.3, 0.4) is 0 Å². The minimum atomic E-state index is -0.852. The molecule has 20 heavy (non-hydrogen) atoms. The fraction of sp³-hybridized carbons (Fsp3) is 0.867. The number of likely N-dealkylation sites (tertiary alicyclic amines) is 1. The maximum Gasteiger partial charge on any atom is 0.307 e. The first-order chi connectivity index (χ1) is 9.30. The lowest BCUT2D eigenvalue weighted by Gasteiger charge is -2.26. The van der Waals surface area contributed by atoms with Gasteiger partial charge in [0.15, 0.2) is 0 Å². The van der Waals surface area contributed by atoms with E-state index >= 15 is 0 Å². The van der Waals surface area contributed by atoms with Gasteiger partial charge in [-0.05, 0) is 44.9 Å². The Morgan fingerprint density at radius 3 is 2.45 bits per heavy atom. The van der Waals surface area contributed by atoms with Crippen molar-refractivity contribution >= 4 is 11.9 Å². The normalized spacial score (nSPS) is 38.5. The van der Waals surface area contributed by atoms with Crippen molar-refractivity contribution in [2.24, 2.45) is 17.8 Å². The van der Waals surface area contributed by atoms with Crippen molar-refractivity contribution in [1.82, 2.24) is 4.90 Å². The SMILES string of the molecule is CC1CC(C(=O)O)C(C(=O)N2CCCC(C)(O)CC2)C1. The van der Waals surface area contributed by atoms with Gasteiger partial charge in [0.1, 0.15) is 0 Å². The van der Waals surface area contributed by atoms with E-state index in [9.17, 15) is 19.8 Å². The Morgan fingerprint density at radius 1 is 1.15 bits per heavy atom. The van der Waals surface area contributed by atoms with Crippen LogP contribution in [0.25, 0.3) is 0 Å². The summed E-state index contributed by atoms with van der Waals surface area (Å²) in [5.41, 5.74) is -0.704. The lowest BCUT2D eigenvalue weighted by atomic mass is 9.94. The number of hydrogen-bond acceptors (Lipinski definition) is 3. The Balaban J connectivity index is 2.05. The summed E-state index contributed by atoms with van der Waals surface area (Å²) in [5, 5.41) is 19.3. The predicted octanol–water partition coefficient (Wildman–Crippen LogP) is 1.50. The first-order valence-electron chi connectivity index (χ1n) is 7.54. The molecule has 2 rings (SSSR count). The Labute approximate surface area is 120 Å². The van der Waals surface area contributed by atoms with Gasteiger partial charge in [0, 0.05) is 13.1 Å². The Hall–Kier alpha value is -1.10.